The Morgan fingerprint density at radius 3 is 2.12 bits per heavy atom. The van der Waals surface area contributed by atoms with E-state index >= 15 is 0 Å². The number of carbonyl (C=O) groups is 1. The molecule has 0 saturated carbocycles. The van der Waals surface area contributed by atoms with Crippen LogP contribution in [0.1, 0.15) is 35.3 Å². The second kappa shape index (κ2) is 8.35. The molecule has 0 radical (unpaired) electrons. The number of carbonyl (C=O) groups excluding carboxylic acids is 1. The first kappa shape index (κ1) is 20.0. The number of benzene rings is 2. The maximum atomic E-state index is 12.5. The van der Waals surface area contributed by atoms with Crippen LogP contribution in [-0.4, -0.2) is 15.4 Å². The predicted octanol–water partition coefficient (Wildman–Crippen LogP) is 4.12. The van der Waals surface area contributed by atoms with Crippen molar-refractivity contribution in [1.29, 1.82) is 0 Å². The first-order chi connectivity index (χ1) is 12.2. The molecule has 4 nitrogen and oxygen atoms in total. The highest BCUT2D eigenvalue weighted by atomic mass is 32.2. The van der Waals surface area contributed by atoms with Crippen LogP contribution in [-0.2, 0) is 23.7 Å². The average Bonchev–Trinajstić information content (AvgIpc) is 2.59. The lowest BCUT2D eigenvalue weighted by molar-refractivity contribution is -0.137. The van der Waals surface area contributed by atoms with E-state index in [4.69, 9.17) is 0 Å². The molecule has 1 amide bonds. The van der Waals surface area contributed by atoms with Gasteiger partial charge in [-0.3, -0.25) is 4.79 Å². The molecule has 1 unspecified atom stereocenters. The van der Waals surface area contributed by atoms with Crippen molar-refractivity contribution in [3.63, 3.8) is 0 Å². The lowest BCUT2D eigenvalue weighted by Gasteiger charge is -2.10. The Labute approximate surface area is 152 Å². The number of rotatable bonds is 6. The number of hydrogen-bond acceptors (Lipinski definition) is 2. The van der Waals surface area contributed by atoms with Crippen molar-refractivity contribution >= 4 is 22.6 Å². The zero-order valence-corrected chi connectivity index (χ0v) is 15.1. The van der Waals surface area contributed by atoms with Gasteiger partial charge in [0.2, 0.25) is 0 Å². The zero-order valence-electron chi connectivity index (χ0n) is 14.3. The summed E-state index contributed by atoms with van der Waals surface area (Å²) in [5, 5.41) is 2.61. The largest absolute Gasteiger partial charge is 0.416 e. The predicted molar refractivity (Wildman–Crippen MR) is 96.0 cm³/mol. The molecule has 0 saturated heterocycles. The molecule has 2 aromatic rings. The smallest absolute Gasteiger partial charge is 0.348 e. The van der Waals surface area contributed by atoms with Crippen LogP contribution in [0.25, 0.3) is 0 Å². The van der Waals surface area contributed by atoms with E-state index in [9.17, 15) is 22.2 Å². The normalized spacial score (nSPS) is 12.7. The standard InChI is InChI=1S/C18H19F3N2O2S/c1-12(2)26(25)23-16-9-5-14(6-10-16)17(24)22-11-13-3-7-15(8-4-13)18(19,20)21/h3-10,12,23H,11H2,1-2H3,(H,22,24). The van der Waals surface area contributed by atoms with Crippen LogP contribution in [0.15, 0.2) is 48.5 Å². The maximum absolute atomic E-state index is 12.5. The highest BCUT2D eigenvalue weighted by Crippen LogP contribution is 2.29. The van der Waals surface area contributed by atoms with Gasteiger partial charge >= 0.3 is 6.18 Å². The summed E-state index contributed by atoms with van der Waals surface area (Å²) in [7, 11) is -1.21. The molecule has 26 heavy (non-hydrogen) atoms. The molecule has 0 heterocycles. The average molecular weight is 384 g/mol. The molecule has 140 valence electrons. The van der Waals surface area contributed by atoms with Crippen LogP contribution in [0.2, 0.25) is 0 Å². The summed E-state index contributed by atoms with van der Waals surface area (Å²) >= 11 is 0. The lowest BCUT2D eigenvalue weighted by atomic mass is 10.1. The van der Waals surface area contributed by atoms with Gasteiger partial charge in [-0.15, -0.1) is 0 Å². The molecular weight excluding hydrogens is 365 g/mol. The third kappa shape index (κ3) is 5.59. The minimum absolute atomic E-state index is 0.0401. The van der Waals surface area contributed by atoms with Gasteiger partial charge in [0.25, 0.3) is 5.91 Å². The van der Waals surface area contributed by atoms with Crippen LogP contribution in [0.5, 0.6) is 0 Å². The van der Waals surface area contributed by atoms with E-state index < -0.39 is 22.7 Å². The topological polar surface area (TPSA) is 58.2 Å². The fraction of sp³-hybridized carbons (Fsp3) is 0.278. The number of hydrogen-bond donors (Lipinski definition) is 2. The van der Waals surface area contributed by atoms with Crippen molar-refractivity contribution in [2.24, 2.45) is 0 Å². The first-order valence-corrected chi connectivity index (χ1v) is 9.10. The van der Waals surface area contributed by atoms with Crippen LogP contribution in [0, 0.1) is 0 Å². The van der Waals surface area contributed by atoms with E-state index in [1.807, 2.05) is 13.8 Å². The molecule has 0 fully saturated rings. The van der Waals surface area contributed by atoms with Gasteiger partial charge < -0.3 is 10.0 Å². The van der Waals surface area contributed by atoms with Crippen LogP contribution < -0.4 is 10.0 Å². The second-order valence-electron chi connectivity index (χ2n) is 5.90. The Hall–Kier alpha value is -2.35. The van der Waals surface area contributed by atoms with Gasteiger partial charge in [-0.25, -0.2) is 4.21 Å². The van der Waals surface area contributed by atoms with Gasteiger partial charge in [0, 0.05) is 23.0 Å². The van der Waals surface area contributed by atoms with E-state index in [0.717, 1.165) is 12.1 Å². The number of nitrogens with one attached hydrogen (secondary N) is 2. The summed E-state index contributed by atoms with van der Waals surface area (Å²) in [6, 6.07) is 11.1. The quantitative estimate of drug-likeness (QED) is 0.787. The fourth-order valence-corrected chi connectivity index (χ4v) is 2.62. The Morgan fingerprint density at radius 1 is 1.04 bits per heavy atom. The van der Waals surface area contributed by atoms with Gasteiger partial charge in [0.1, 0.15) is 11.0 Å². The molecule has 2 aromatic carbocycles. The van der Waals surface area contributed by atoms with Crippen molar-refractivity contribution in [2.75, 3.05) is 4.72 Å². The number of alkyl halides is 3. The zero-order chi connectivity index (χ0) is 19.3. The number of anilines is 1. The Balaban J connectivity index is 1.92. The first-order valence-electron chi connectivity index (χ1n) is 7.88. The third-order valence-electron chi connectivity index (χ3n) is 3.53. The third-order valence-corrected chi connectivity index (χ3v) is 4.82. The maximum Gasteiger partial charge on any atom is 0.416 e. The Kier molecular flexibility index (Phi) is 6.42. The highest BCUT2D eigenvalue weighted by molar-refractivity contribution is 7.86. The lowest BCUT2D eigenvalue weighted by Crippen LogP contribution is -2.22. The van der Waals surface area contributed by atoms with Gasteiger partial charge in [-0.05, 0) is 55.8 Å². The van der Waals surface area contributed by atoms with Crippen molar-refractivity contribution in [3.8, 4) is 0 Å². The van der Waals surface area contributed by atoms with Crippen molar-refractivity contribution in [2.45, 2.75) is 31.8 Å². The molecule has 0 aliphatic carbocycles. The molecule has 0 aliphatic heterocycles. The Morgan fingerprint density at radius 2 is 1.62 bits per heavy atom. The minimum Gasteiger partial charge on any atom is -0.348 e. The molecule has 0 aromatic heterocycles. The second-order valence-corrected chi connectivity index (χ2v) is 7.64. The molecule has 1 atom stereocenters. The van der Waals surface area contributed by atoms with Crippen LogP contribution >= 0.6 is 0 Å². The molecule has 0 aliphatic rings. The van der Waals surface area contributed by atoms with Gasteiger partial charge in [-0.1, -0.05) is 12.1 Å². The van der Waals surface area contributed by atoms with Gasteiger partial charge in [-0.2, -0.15) is 13.2 Å². The monoisotopic (exact) mass is 384 g/mol. The molecule has 8 heteroatoms. The fourth-order valence-electron chi connectivity index (χ4n) is 2.02. The van der Waals surface area contributed by atoms with Gasteiger partial charge in [0.15, 0.2) is 0 Å². The van der Waals surface area contributed by atoms with Crippen LogP contribution in [0.4, 0.5) is 18.9 Å². The van der Waals surface area contributed by atoms with E-state index in [0.29, 0.717) is 16.8 Å². The van der Waals surface area contributed by atoms with E-state index in [-0.39, 0.29) is 17.7 Å². The van der Waals surface area contributed by atoms with E-state index in [1.54, 1.807) is 24.3 Å². The van der Waals surface area contributed by atoms with Crippen molar-refractivity contribution in [1.82, 2.24) is 5.32 Å². The molecule has 2 rings (SSSR count). The van der Waals surface area contributed by atoms with E-state index in [2.05, 4.69) is 10.0 Å². The molecule has 0 spiro atoms. The summed E-state index contributed by atoms with van der Waals surface area (Å²) < 4.78 is 52.1. The molecule has 2 N–H and O–H groups in total. The number of halogens is 3. The summed E-state index contributed by atoms with van der Waals surface area (Å²) in [4.78, 5) is 12.1. The Bertz CT molecular complexity index is 773. The number of amides is 1. The highest BCUT2D eigenvalue weighted by Gasteiger charge is 2.29. The summed E-state index contributed by atoms with van der Waals surface area (Å²) in [5.74, 6) is -0.346. The molecular formula is C18H19F3N2O2S. The summed E-state index contributed by atoms with van der Waals surface area (Å²) in [6.45, 7) is 3.77. The van der Waals surface area contributed by atoms with Crippen LogP contribution in [0.3, 0.4) is 0 Å². The summed E-state index contributed by atoms with van der Waals surface area (Å²) in [5.41, 5.74) is 0.875. The van der Waals surface area contributed by atoms with Gasteiger partial charge in [0.05, 0.1) is 5.56 Å². The summed E-state index contributed by atoms with van der Waals surface area (Å²) in [6.07, 6.45) is -4.38. The van der Waals surface area contributed by atoms with Crippen molar-refractivity contribution < 1.29 is 22.2 Å². The minimum atomic E-state index is -4.38. The van der Waals surface area contributed by atoms with E-state index in [1.165, 1.54) is 12.1 Å². The molecule has 0 bridgehead atoms. The van der Waals surface area contributed by atoms with Crippen molar-refractivity contribution in [3.05, 3.63) is 65.2 Å². The SMILES string of the molecule is CC(C)S(=O)Nc1ccc(C(=O)NCc2ccc(C(F)(F)F)cc2)cc1.